The molecule has 1 aromatic rings. The van der Waals surface area contributed by atoms with Crippen molar-refractivity contribution in [2.45, 2.75) is 33.6 Å². The van der Waals surface area contributed by atoms with Gasteiger partial charge >= 0.3 is 0 Å². The van der Waals surface area contributed by atoms with Crippen LogP contribution >= 0.6 is 0 Å². The third-order valence-electron chi connectivity index (χ3n) is 2.26. The predicted octanol–water partition coefficient (Wildman–Crippen LogP) is 3.10. The maximum Gasteiger partial charge on any atom is 0.125 e. The van der Waals surface area contributed by atoms with Gasteiger partial charge in [-0.2, -0.15) is 0 Å². The Morgan fingerprint density at radius 1 is 1.36 bits per heavy atom. The van der Waals surface area contributed by atoms with Gasteiger partial charge in [-0.25, -0.2) is 4.98 Å². The second-order valence-corrected chi connectivity index (χ2v) is 4.01. The summed E-state index contributed by atoms with van der Waals surface area (Å²) in [7, 11) is 0. The Morgan fingerprint density at radius 3 is 2.64 bits per heavy atom. The Morgan fingerprint density at radius 2 is 2.14 bits per heavy atom. The minimum absolute atomic E-state index is 0.748. The summed E-state index contributed by atoms with van der Waals surface area (Å²) in [5.74, 6) is 1.74. The molecular weight excluding hydrogens is 172 g/mol. The van der Waals surface area contributed by atoms with Crippen LogP contribution < -0.4 is 5.32 Å². The summed E-state index contributed by atoms with van der Waals surface area (Å²) < 4.78 is 0. The number of hydrogen-bond donors (Lipinski definition) is 1. The van der Waals surface area contributed by atoms with E-state index >= 15 is 0 Å². The van der Waals surface area contributed by atoms with E-state index < -0.39 is 0 Å². The lowest BCUT2D eigenvalue weighted by Gasteiger charge is -2.07. The molecule has 14 heavy (non-hydrogen) atoms. The van der Waals surface area contributed by atoms with Crippen LogP contribution in [0.25, 0.3) is 0 Å². The van der Waals surface area contributed by atoms with Crippen molar-refractivity contribution >= 4 is 5.82 Å². The zero-order valence-corrected chi connectivity index (χ0v) is 9.38. The van der Waals surface area contributed by atoms with E-state index in [1.165, 1.54) is 12.0 Å². The fraction of sp³-hybridized carbons (Fsp3) is 0.583. The van der Waals surface area contributed by atoms with Crippen LogP contribution in [0, 0.1) is 5.92 Å². The summed E-state index contributed by atoms with van der Waals surface area (Å²) in [6.07, 6.45) is 4.19. The molecule has 0 unspecified atom stereocenters. The average molecular weight is 192 g/mol. The zero-order chi connectivity index (χ0) is 10.4. The molecule has 0 aromatic carbocycles. The summed E-state index contributed by atoms with van der Waals surface area (Å²) in [6, 6.07) is 4.18. The van der Waals surface area contributed by atoms with Gasteiger partial charge in [-0.1, -0.05) is 26.8 Å². The lowest BCUT2D eigenvalue weighted by Crippen LogP contribution is -2.05. The van der Waals surface area contributed by atoms with E-state index in [4.69, 9.17) is 0 Å². The third kappa shape index (κ3) is 3.77. The summed E-state index contributed by atoms with van der Waals surface area (Å²) in [5.41, 5.74) is 1.29. The highest BCUT2D eigenvalue weighted by Crippen LogP contribution is 2.06. The first-order chi connectivity index (χ1) is 6.72. The molecule has 0 aliphatic carbocycles. The molecule has 2 heteroatoms. The Hall–Kier alpha value is -1.05. The van der Waals surface area contributed by atoms with Gasteiger partial charge in [0.05, 0.1) is 0 Å². The predicted molar refractivity (Wildman–Crippen MR) is 61.6 cm³/mol. The standard InChI is InChI=1S/C12H20N2/c1-4-11-5-6-12(14-9-11)13-8-7-10(2)3/h5-6,9-10H,4,7-8H2,1-3H3,(H,13,14). The van der Waals surface area contributed by atoms with Crippen molar-refractivity contribution in [1.82, 2.24) is 4.98 Å². The van der Waals surface area contributed by atoms with Crippen LogP contribution in [-0.2, 0) is 6.42 Å². The normalized spacial score (nSPS) is 10.6. The average Bonchev–Trinajstić information content (AvgIpc) is 2.18. The molecular formula is C12H20N2. The molecule has 78 valence electrons. The minimum atomic E-state index is 0.748. The summed E-state index contributed by atoms with van der Waals surface area (Å²) in [5, 5.41) is 3.32. The van der Waals surface area contributed by atoms with Crippen molar-refractivity contribution in [3.8, 4) is 0 Å². The number of rotatable bonds is 5. The Kier molecular flexibility index (Phi) is 4.44. The van der Waals surface area contributed by atoms with E-state index in [9.17, 15) is 0 Å². The highest BCUT2D eigenvalue weighted by atomic mass is 15.0. The van der Waals surface area contributed by atoms with Crippen LogP contribution in [0.3, 0.4) is 0 Å². The number of pyridine rings is 1. The quantitative estimate of drug-likeness (QED) is 0.775. The van der Waals surface area contributed by atoms with Crippen molar-refractivity contribution in [3.05, 3.63) is 23.9 Å². The molecule has 0 atom stereocenters. The first-order valence-corrected chi connectivity index (χ1v) is 5.41. The molecule has 0 saturated carbocycles. The van der Waals surface area contributed by atoms with Crippen LogP contribution in [-0.4, -0.2) is 11.5 Å². The van der Waals surface area contributed by atoms with Gasteiger partial charge in [-0.15, -0.1) is 0 Å². The van der Waals surface area contributed by atoms with E-state index in [1.807, 2.05) is 6.20 Å². The maximum absolute atomic E-state index is 4.34. The van der Waals surface area contributed by atoms with Gasteiger partial charge in [0.25, 0.3) is 0 Å². The van der Waals surface area contributed by atoms with Crippen molar-refractivity contribution < 1.29 is 0 Å². The largest absolute Gasteiger partial charge is 0.370 e. The number of aromatic nitrogens is 1. The van der Waals surface area contributed by atoms with Gasteiger partial charge in [0.2, 0.25) is 0 Å². The zero-order valence-electron chi connectivity index (χ0n) is 9.38. The second-order valence-electron chi connectivity index (χ2n) is 4.01. The summed E-state index contributed by atoms with van der Waals surface area (Å²) >= 11 is 0. The highest BCUT2D eigenvalue weighted by molar-refractivity contribution is 5.35. The third-order valence-corrected chi connectivity index (χ3v) is 2.26. The molecule has 2 nitrogen and oxygen atoms in total. The molecule has 1 N–H and O–H groups in total. The van der Waals surface area contributed by atoms with Crippen LogP contribution in [0.4, 0.5) is 5.82 Å². The van der Waals surface area contributed by atoms with Crippen LogP contribution in [0.15, 0.2) is 18.3 Å². The molecule has 0 aliphatic heterocycles. The maximum atomic E-state index is 4.34. The molecule has 0 amide bonds. The monoisotopic (exact) mass is 192 g/mol. The van der Waals surface area contributed by atoms with Crippen molar-refractivity contribution in [1.29, 1.82) is 0 Å². The molecule has 0 bridgehead atoms. The molecule has 0 aliphatic rings. The van der Waals surface area contributed by atoms with Crippen LogP contribution in [0.1, 0.15) is 32.8 Å². The smallest absolute Gasteiger partial charge is 0.125 e. The van der Waals surface area contributed by atoms with E-state index in [0.717, 1.165) is 24.7 Å². The van der Waals surface area contributed by atoms with E-state index in [2.05, 4.69) is 43.2 Å². The topological polar surface area (TPSA) is 24.9 Å². The molecule has 0 fully saturated rings. The lowest BCUT2D eigenvalue weighted by molar-refractivity contribution is 0.606. The van der Waals surface area contributed by atoms with Gasteiger partial charge in [0.1, 0.15) is 5.82 Å². The van der Waals surface area contributed by atoms with Gasteiger partial charge in [-0.05, 0) is 30.4 Å². The van der Waals surface area contributed by atoms with Crippen molar-refractivity contribution in [2.75, 3.05) is 11.9 Å². The fourth-order valence-electron chi connectivity index (χ4n) is 1.23. The molecule has 1 aromatic heterocycles. The summed E-state index contributed by atoms with van der Waals surface area (Å²) in [6.45, 7) is 7.61. The minimum Gasteiger partial charge on any atom is -0.370 e. The molecule has 1 heterocycles. The van der Waals surface area contributed by atoms with E-state index in [1.54, 1.807) is 0 Å². The van der Waals surface area contributed by atoms with Gasteiger partial charge in [-0.3, -0.25) is 0 Å². The number of nitrogens with one attached hydrogen (secondary N) is 1. The van der Waals surface area contributed by atoms with Crippen molar-refractivity contribution in [3.63, 3.8) is 0 Å². The van der Waals surface area contributed by atoms with E-state index in [0.29, 0.717) is 0 Å². The Balaban J connectivity index is 2.36. The van der Waals surface area contributed by atoms with Crippen molar-refractivity contribution in [2.24, 2.45) is 5.92 Å². The Labute approximate surface area is 86.8 Å². The van der Waals surface area contributed by atoms with Gasteiger partial charge in [0.15, 0.2) is 0 Å². The molecule has 0 spiro atoms. The lowest BCUT2D eigenvalue weighted by atomic mass is 10.1. The number of nitrogens with zero attached hydrogens (tertiary/aromatic N) is 1. The number of anilines is 1. The summed E-state index contributed by atoms with van der Waals surface area (Å²) in [4.78, 5) is 4.34. The van der Waals surface area contributed by atoms with Crippen LogP contribution in [0.2, 0.25) is 0 Å². The SMILES string of the molecule is CCc1ccc(NCCC(C)C)nc1. The highest BCUT2D eigenvalue weighted by Gasteiger charge is 1.95. The second kappa shape index (κ2) is 5.63. The number of aryl methyl sites for hydroxylation is 1. The van der Waals surface area contributed by atoms with E-state index in [-0.39, 0.29) is 0 Å². The molecule has 1 rings (SSSR count). The molecule has 0 radical (unpaired) electrons. The first kappa shape index (κ1) is 11.0. The Bertz CT molecular complexity index is 252. The fourth-order valence-corrected chi connectivity index (χ4v) is 1.23. The van der Waals surface area contributed by atoms with Gasteiger partial charge in [0, 0.05) is 12.7 Å². The molecule has 0 saturated heterocycles. The number of hydrogen-bond acceptors (Lipinski definition) is 2. The van der Waals surface area contributed by atoms with Gasteiger partial charge < -0.3 is 5.32 Å². The van der Waals surface area contributed by atoms with Crippen LogP contribution in [0.5, 0.6) is 0 Å². The first-order valence-electron chi connectivity index (χ1n) is 5.41.